The van der Waals surface area contributed by atoms with Crippen LogP contribution in [-0.2, 0) is 13.0 Å². The highest BCUT2D eigenvalue weighted by atomic mass is 16.2. The Labute approximate surface area is 134 Å². The minimum Gasteiger partial charge on any atom is -0.384 e. The van der Waals surface area contributed by atoms with Crippen LogP contribution in [0.5, 0.6) is 0 Å². The van der Waals surface area contributed by atoms with Crippen molar-refractivity contribution in [3.8, 4) is 0 Å². The molecule has 4 rings (SSSR count). The van der Waals surface area contributed by atoms with Gasteiger partial charge in [-0.1, -0.05) is 0 Å². The third kappa shape index (κ3) is 2.19. The van der Waals surface area contributed by atoms with Crippen molar-refractivity contribution in [2.24, 2.45) is 0 Å². The van der Waals surface area contributed by atoms with Gasteiger partial charge in [-0.2, -0.15) is 9.78 Å². The average molecular weight is 312 g/mol. The number of rotatable bonds is 1. The number of aromatic nitrogens is 3. The van der Waals surface area contributed by atoms with Gasteiger partial charge in [0, 0.05) is 42.3 Å². The molecule has 7 heteroatoms. The van der Waals surface area contributed by atoms with Crippen LogP contribution in [0.2, 0.25) is 0 Å². The minimum absolute atomic E-state index is 0.0629. The first-order valence-corrected chi connectivity index (χ1v) is 7.96. The highest BCUT2D eigenvalue weighted by Gasteiger charge is 2.31. The van der Waals surface area contributed by atoms with Crippen molar-refractivity contribution >= 4 is 17.4 Å². The van der Waals surface area contributed by atoms with Gasteiger partial charge in [0.25, 0.3) is 5.91 Å². The highest BCUT2D eigenvalue weighted by molar-refractivity contribution is 5.90. The van der Waals surface area contributed by atoms with Crippen LogP contribution in [-0.4, -0.2) is 33.8 Å². The van der Waals surface area contributed by atoms with Gasteiger partial charge in [-0.25, -0.2) is 0 Å². The lowest BCUT2D eigenvalue weighted by Crippen LogP contribution is -2.29. The molecule has 120 valence electrons. The first kappa shape index (κ1) is 14.2. The van der Waals surface area contributed by atoms with E-state index in [1.165, 1.54) is 4.68 Å². The van der Waals surface area contributed by atoms with Gasteiger partial charge in [-0.05, 0) is 31.9 Å². The third-order valence-electron chi connectivity index (χ3n) is 4.73. The number of nitrogens with two attached hydrogens (primary N) is 1. The minimum atomic E-state index is -0.254. The van der Waals surface area contributed by atoms with Crippen LogP contribution in [0, 0.1) is 6.92 Å². The normalized spacial score (nSPS) is 19.6. The molecule has 4 N–H and O–H groups in total. The van der Waals surface area contributed by atoms with Gasteiger partial charge in [0.2, 0.25) is 0 Å². The molecule has 7 nitrogen and oxygen atoms in total. The first-order chi connectivity index (χ1) is 11.2. The van der Waals surface area contributed by atoms with E-state index in [9.17, 15) is 4.79 Å². The maximum atomic E-state index is 13.1. The Bertz CT molecular complexity index is 781. The molecule has 2 aromatic rings. The molecule has 1 atom stereocenters. The number of aryl methyl sites for hydroxylation is 1. The second-order valence-electron chi connectivity index (χ2n) is 6.18. The number of fused-ring (bicyclic) bond motifs is 2. The van der Waals surface area contributed by atoms with E-state index in [-0.39, 0.29) is 11.8 Å². The van der Waals surface area contributed by atoms with Gasteiger partial charge in [0.15, 0.2) is 0 Å². The van der Waals surface area contributed by atoms with Crippen molar-refractivity contribution in [3.63, 3.8) is 0 Å². The van der Waals surface area contributed by atoms with Crippen LogP contribution in [0.4, 0.5) is 11.5 Å². The molecule has 4 heterocycles. The van der Waals surface area contributed by atoms with E-state index in [2.05, 4.69) is 20.7 Å². The van der Waals surface area contributed by atoms with Gasteiger partial charge in [-0.3, -0.25) is 9.78 Å². The fourth-order valence-electron chi connectivity index (χ4n) is 3.51. The van der Waals surface area contributed by atoms with Crippen molar-refractivity contribution in [2.75, 3.05) is 24.1 Å². The summed E-state index contributed by atoms with van der Waals surface area (Å²) in [5.41, 5.74) is 11.1. The highest BCUT2D eigenvalue weighted by Crippen LogP contribution is 2.35. The Morgan fingerprint density at radius 2 is 2.26 bits per heavy atom. The van der Waals surface area contributed by atoms with E-state index < -0.39 is 0 Å². The fourth-order valence-corrected chi connectivity index (χ4v) is 3.51. The molecule has 0 fully saturated rings. The topological polar surface area (TPSA) is 97.9 Å². The Kier molecular flexibility index (Phi) is 3.30. The molecule has 1 unspecified atom stereocenters. The lowest BCUT2D eigenvalue weighted by molar-refractivity contribution is 0.0859. The summed E-state index contributed by atoms with van der Waals surface area (Å²) in [5, 5.41) is 11.1. The predicted molar refractivity (Wildman–Crippen MR) is 87.5 cm³/mol. The van der Waals surface area contributed by atoms with Gasteiger partial charge < -0.3 is 16.4 Å². The molecule has 0 aromatic carbocycles. The number of carbonyl (C=O) groups is 1. The molecule has 2 aliphatic heterocycles. The van der Waals surface area contributed by atoms with Crippen molar-refractivity contribution in [1.82, 2.24) is 20.1 Å². The van der Waals surface area contributed by atoms with Crippen molar-refractivity contribution < 1.29 is 4.79 Å². The second-order valence-corrected chi connectivity index (χ2v) is 6.18. The number of anilines is 2. The summed E-state index contributed by atoms with van der Waals surface area (Å²) in [6.45, 7) is 4.30. The van der Waals surface area contributed by atoms with Crippen LogP contribution in [0.3, 0.4) is 0 Å². The van der Waals surface area contributed by atoms with Gasteiger partial charge in [0.1, 0.15) is 5.82 Å². The van der Waals surface area contributed by atoms with Crippen molar-refractivity contribution in [3.05, 3.63) is 34.8 Å². The fraction of sp³-hybridized carbons (Fsp3) is 0.438. The van der Waals surface area contributed by atoms with E-state index in [0.717, 1.165) is 54.0 Å². The third-order valence-corrected chi connectivity index (χ3v) is 4.73. The van der Waals surface area contributed by atoms with E-state index >= 15 is 0 Å². The summed E-state index contributed by atoms with van der Waals surface area (Å²) in [6.07, 6.45) is 5.13. The Morgan fingerprint density at radius 3 is 3.09 bits per heavy atom. The number of pyridine rings is 1. The molecule has 0 bridgehead atoms. The Morgan fingerprint density at radius 1 is 1.39 bits per heavy atom. The SMILES string of the molecule is Cc1cncc2c1NCCC2C(=O)n1nc2c(c1N)CCNC2. The number of carbonyl (C=O) groups excluding carboxylic acids is 1. The molecule has 2 aliphatic rings. The maximum Gasteiger partial charge on any atom is 0.256 e. The largest absolute Gasteiger partial charge is 0.384 e. The van der Waals surface area contributed by atoms with Gasteiger partial charge in [0.05, 0.1) is 11.6 Å². The first-order valence-electron chi connectivity index (χ1n) is 7.96. The quantitative estimate of drug-likeness (QED) is 0.728. The summed E-state index contributed by atoms with van der Waals surface area (Å²) in [7, 11) is 0. The van der Waals surface area contributed by atoms with Crippen molar-refractivity contribution in [2.45, 2.75) is 32.2 Å². The monoisotopic (exact) mass is 312 g/mol. The number of nitrogens with one attached hydrogen (secondary N) is 2. The van der Waals surface area contributed by atoms with Crippen LogP contribution in [0.25, 0.3) is 0 Å². The molecule has 2 aromatic heterocycles. The summed E-state index contributed by atoms with van der Waals surface area (Å²) in [4.78, 5) is 17.3. The van der Waals surface area contributed by atoms with Crippen LogP contribution in [0.15, 0.2) is 12.4 Å². The predicted octanol–water partition coefficient (Wildman–Crippen LogP) is 1.05. The molecular formula is C16H20N6O. The van der Waals surface area contributed by atoms with Crippen LogP contribution < -0.4 is 16.4 Å². The lowest BCUT2D eigenvalue weighted by atomic mass is 9.90. The molecule has 0 aliphatic carbocycles. The van der Waals surface area contributed by atoms with E-state index in [0.29, 0.717) is 12.4 Å². The smallest absolute Gasteiger partial charge is 0.256 e. The summed E-state index contributed by atoms with van der Waals surface area (Å²) >= 11 is 0. The summed E-state index contributed by atoms with van der Waals surface area (Å²) < 4.78 is 1.40. The zero-order valence-electron chi connectivity index (χ0n) is 13.1. The number of nitrogen functional groups attached to an aromatic ring is 1. The molecule has 0 saturated carbocycles. The zero-order valence-corrected chi connectivity index (χ0v) is 13.1. The Balaban J connectivity index is 1.74. The number of hydrogen-bond donors (Lipinski definition) is 3. The molecule has 0 saturated heterocycles. The number of nitrogens with zero attached hydrogens (tertiary/aromatic N) is 3. The maximum absolute atomic E-state index is 13.1. The van der Waals surface area contributed by atoms with E-state index in [1.807, 2.05) is 13.1 Å². The lowest BCUT2D eigenvalue weighted by Gasteiger charge is -2.26. The van der Waals surface area contributed by atoms with Gasteiger partial charge >= 0.3 is 0 Å². The van der Waals surface area contributed by atoms with Crippen LogP contribution >= 0.6 is 0 Å². The Hall–Kier alpha value is -2.41. The summed E-state index contributed by atoms with van der Waals surface area (Å²) in [5.74, 6) is 0.175. The zero-order chi connectivity index (χ0) is 16.0. The molecule has 0 spiro atoms. The standard InChI is InChI=1S/C16H20N6O/c1-9-6-19-7-12-10(3-5-20-14(9)12)16(23)22-15(17)11-2-4-18-8-13(11)21-22/h6-7,10,18,20H,2-5,8,17H2,1H3. The van der Waals surface area contributed by atoms with Crippen molar-refractivity contribution in [1.29, 1.82) is 0 Å². The average Bonchev–Trinajstić information content (AvgIpc) is 2.92. The number of hydrogen-bond acceptors (Lipinski definition) is 6. The van der Waals surface area contributed by atoms with Crippen LogP contribution in [0.1, 0.15) is 39.5 Å². The molecule has 0 radical (unpaired) electrons. The molecule has 23 heavy (non-hydrogen) atoms. The summed E-state index contributed by atoms with van der Waals surface area (Å²) in [6, 6.07) is 0. The van der Waals surface area contributed by atoms with Gasteiger partial charge in [-0.15, -0.1) is 0 Å². The molecular weight excluding hydrogens is 292 g/mol. The van der Waals surface area contributed by atoms with E-state index in [4.69, 9.17) is 5.73 Å². The van der Waals surface area contributed by atoms with E-state index in [1.54, 1.807) is 6.20 Å². The second kappa shape index (κ2) is 5.34. The molecule has 0 amide bonds.